The third-order valence-electron chi connectivity index (χ3n) is 3.32. The molecule has 1 atom stereocenters. The van der Waals surface area contributed by atoms with E-state index in [1.54, 1.807) is 12.1 Å². The molecular weight excluding hydrogens is 305 g/mol. The summed E-state index contributed by atoms with van der Waals surface area (Å²) in [6.07, 6.45) is 7.10. The van der Waals surface area contributed by atoms with Crippen molar-refractivity contribution < 1.29 is 4.39 Å². The van der Waals surface area contributed by atoms with Gasteiger partial charge < -0.3 is 5.32 Å². The Morgan fingerprint density at radius 1 is 1.21 bits per heavy atom. The lowest BCUT2D eigenvalue weighted by molar-refractivity contribution is 0.455. The van der Waals surface area contributed by atoms with Gasteiger partial charge in [0, 0.05) is 10.5 Å². The molecular formula is C16H25BrFN. The second-order valence-corrected chi connectivity index (χ2v) is 5.94. The first-order chi connectivity index (χ1) is 9.17. The molecule has 1 aromatic rings. The molecule has 0 aliphatic carbocycles. The smallest absolute Gasteiger partial charge is 0.124 e. The van der Waals surface area contributed by atoms with Gasteiger partial charge in [0.2, 0.25) is 0 Å². The van der Waals surface area contributed by atoms with Gasteiger partial charge in [0.05, 0.1) is 0 Å². The van der Waals surface area contributed by atoms with Gasteiger partial charge in [-0.3, -0.25) is 0 Å². The zero-order valence-electron chi connectivity index (χ0n) is 12.0. The van der Waals surface area contributed by atoms with Gasteiger partial charge in [-0.25, -0.2) is 4.39 Å². The van der Waals surface area contributed by atoms with Crippen molar-refractivity contribution in [3.63, 3.8) is 0 Å². The monoisotopic (exact) mass is 329 g/mol. The Bertz CT molecular complexity index is 368. The van der Waals surface area contributed by atoms with Crippen LogP contribution in [0.4, 0.5) is 4.39 Å². The highest BCUT2D eigenvalue weighted by molar-refractivity contribution is 9.10. The molecule has 108 valence electrons. The van der Waals surface area contributed by atoms with Crippen LogP contribution in [0.3, 0.4) is 0 Å². The lowest BCUT2D eigenvalue weighted by atomic mass is 10.00. The molecule has 0 heterocycles. The first kappa shape index (κ1) is 16.6. The molecule has 1 N–H and O–H groups in total. The fourth-order valence-electron chi connectivity index (χ4n) is 2.22. The molecule has 1 nitrogen and oxygen atoms in total. The van der Waals surface area contributed by atoms with Gasteiger partial charge in [-0.15, -0.1) is 0 Å². The van der Waals surface area contributed by atoms with E-state index in [0.29, 0.717) is 6.04 Å². The Kier molecular flexibility index (Phi) is 8.31. The van der Waals surface area contributed by atoms with Gasteiger partial charge in [-0.2, -0.15) is 0 Å². The second-order valence-electron chi connectivity index (χ2n) is 5.09. The predicted octanol–water partition coefficient (Wildman–Crippen LogP) is 5.08. The van der Waals surface area contributed by atoms with Crippen LogP contribution in [0.2, 0.25) is 0 Å². The summed E-state index contributed by atoms with van der Waals surface area (Å²) in [6.45, 7) is 5.46. The van der Waals surface area contributed by atoms with E-state index in [4.69, 9.17) is 0 Å². The van der Waals surface area contributed by atoms with Gasteiger partial charge in [-0.05, 0) is 43.5 Å². The van der Waals surface area contributed by atoms with Gasteiger partial charge >= 0.3 is 0 Å². The van der Waals surface area contributed by atoms with Crippen molar-refractivity contribution in [2.75, 3.05) is 6.54 Å². The van der Waals surface area contributed by atoms with Gasteiger partial charge in [0.15, 0.2) is 0 Å². The standard InChI is InChI=1S/C16H25BrFN/c1-3-5-6-7-15(19-10-4-2)11-13-8-9-14(18)12-16(13)17/h8-9,12,15,19H,3-7,10-11H2,1-2H3. The topological polar surface area (TPSA) is 12.0 Å². The summed E-state index contributed by atoms with van der Waals surface area (Å²) in [4.78, 5) is 0. The number of rotatable bonds is 9. The quantitative estimate of drug-likeness (QED) is 0.623. The van der Waals surface area contributed by atoms with Crippen LogP contribution in [0.1, 0.15) is 51.5 Å². The van der Waals surface area contributed by atoms with Crippen LogP contribution in [0.5, 0.6) is 0 Å². The normalized spacial score (nSPS) is 12.6. The number of benzene rings is 1. The van der Waals surface area contributed by atoms with Crippen LogP contribution in [-0.4, -0.2) is 12.6 Å². The molecule has 0 bridgehead atoms. The molecule has 0 aliphatic heterocycles. The van der Waals surface area contributed by atoms with Crippen LogP contribution < -0.4 is 5.32 Å². The SMILES string of the molecule is CCCCCC(Cc1ccc(F)cc1Br)NCCC. The van der Waals surface area contributed by atoms with Crippen LogP contribution in [0.15, 0.2) is 22.7 Å². The van der Waals surface area contributed by atoms with E-state index < -0.39 is 0 Å². The maximum atomic E-state index is 13.1. The van der Waals surface area contributed by atoms with E-state index in [2.05, 4.69) is 35.1 Å². The minimum Gasteiger partial charge on any atom is -0.314 e. The summed E-state index contributed by atoms with van der Waals surface area (Å²) in [5.41, 5.74) is 1.19. The number of halogens is 2. The summed E-state index contributed by atoms with van der Waals surface area (Å²) < 4.78 is 14.0. The van der Waals surface area contributed by atoms with Crippen molar-refractivity contribution in [3.05, 3.63) is 34.1 Å². The van der Waals surface area contributed by atoms with E-state index in [-0.39, 0.29) is 5.82 Å². The first-order valence-electron chi connectivity index (χ1n) is 7.34. The number of unbranched alkanes of at least 4 members (excludes halogenated alkanes) is 2. The van der Waals surface area contributed by atoms with Gasteiger partial charge in [-0.1, -0.05) is 55.1 Å². The van der Waals surface area contributed by atoms with Crippen molar-refractivity contribution in [3.8, 4) is 0 Å². The van der Waals surface area contributed by atoms with Crippen LogP contribution in [-0.2, 0) is 6.42 Å². The van der Waals surface area contributed by atoms with E-state index >= 15 is 0 Å². The van der Waals surface area contributed by atoms with E-state index in [9.17, 15) is 4.39 Å². The highest BCUT2D eigenvalue weighted by Gasteiger charge is 2.11. The summed E-state index contributed by atoms with van der Waals surface area (Å²) in [5.74, 6) is -0.181. The second kappa shape index (κ2) is 9.49. The van der Waals surface area contributed by atoms with Crippen LogP contribution >= 0.6 is 15.9 Å². The summed E-state index contributed by atoms with van der Waals surface area (Å²) in [5, 5.41) is 3.60. The molecule has 1 aromatic carbocycles. The molecule has 0 fully saturated rings. The van der Waals surface area contributed by atoms with Crippen molar-refractivity contribution in [2.24, 2.45) is 0 Å². The van der Waals surface area contributed by atoms with Crippen molar-refractivity contribution >= 4 is 15.9 Å². The molecule has 0 spiro atoms. The molecule has 1 rings (SSSR count). The number of hydrogen-bond donors (Lipinski definition) is 1. The molecule has 0 radical (unpaired) electrons. The third kappa shape index (κ3) is 6.53. The highest BCUT2D eigenvalue weighted by atomic mass is 79.9. The Hall–Kier alpha value is -0.410. The van der Waals surface area contributed by atoms with E-state index in [1.165, 1.54) is 31.2 Å². The maximum Gasteiger partial charge on any atom is 0.124 e. The molecule has 1 unspecified atom stereocenters. The molecule has 0 aliphatic rings. The lowest BCUT2D eigenvalue weighted by Crippen LogP contribution is -2.31. The first-order valence-corrected chi connectivity index (χ1v) is 8.14. The average Bonchev–Trinajstić information content (AvgIpc) is 2.39. The van der Waals surface area contributed by atoms with Crippen LogP contribution in [0.25, 0.3) is 0 Å². The fraction of sp³-hybridized carbons (Fsp3) is 0.625. The summed E-state index contributed by atoms with van der Waals surface area (Å²) in [7, 11) is 0. The molecule has 0 saturated carbocycles. The number of hydrogen-bond acceptors (Lipinski definition) is 1. The summed E-state index contributed by atoms with van der Waals surface area (Å²) >= 11 is 3.46. The summed E-state index contributed by atoms with van der Waals surface area (Å²) in [6, 6.07) is 5.48. The van der Waals surface area contributed by atoms with E-state index in [0.717, 1.165) is 23.9 Å². The Balaban J connectivity index is 2.58. The molecule has 3 heteroatoms. The fourth-order valence-corrected chi connectivity index (χ4v) is 2.73. The molecule has 0 amide bonds. The largest absolute Gasteiger partial charge is 0.314 e. The molecule has 0 aromatic heterocycles. The maximum absolute atomic E-state index is 13.1. The Morgan fingerprint density at radius 2 is 2.00 bits per heavy atom. The van der Waals surface area contributed by atoms with E-state index in [1.807, 2.05) is 6.07 Å². The highest BCUT2D eigenvalue weighted by Crippen LogP contribution is 2.21. The lowest BCUT2D eigenvalue weighted by Gasteiger charge is -2.19. The van der Waals surface area contributed by atoms with Crippen molar-refractivity contribution in [1.29, 1.82) is 0 Å². The minimum atomic E-state index is -0.181. The zero-order chi connectivity index (χ0) is 14.1. The Labute approximate surface area is 125 Å². The van der Waals surface area contributed by atoms with Crippen molar-refractivity contribution in [2.45, 2.75) is 58.4 Å². The third-order valence-corrected chi connectivity index (χ3v) is 4.06. The average molecular weight is 330 g/mol. The van der Waals surface area contributed by atoms with Crippen LogP contribution in [0, 0.1) is 5.82 Å². The predicted molar refractivity (Wildman–Crippen MR) is 84.0 cm³/mol. The zero-order valence-corrected chi connectivity index (χ0v) is 13.6. The van der Waals surface area contributed by atoms with Crippen molar-refractivity contribution in [1.82, 2.24) is 5.32 Å². The number of nitrogens with one attached hydrogen (secondary N) is 1. The van der Waals surface area contributed by atoms with Gasteiger partial charge in [0.25, 0.3) is 0 Å². The Morgan fingerprint density at radius 3 is 2.63 bits per heavy atom. The van der Waals surface area contributed by atoms with Gasteiger partial charge in [0.1, 0.15) is 5.82 Å². The molecule has 19 heavy (non-hydrogen) atoms. The minimum absolute atomic E-state index is 0.181. The molecule has 0 saturated heterocycles.